The summed E-state index contributed by atoms with van der Waals surface area (Å²) in [6.07, 6.45) is 0. The van der Waals surface area contributed by atoms with Gasteiger partial charge in [-0.15, -0.1) is 0 Å². The van der Waals surface area contributed by atoms with Gasteiger partial charge in [-0.2, -0.15) is 0 Å². The first-order valence-corrected chi connectivity index (χ1v) is 6.87. The Labute approximate surface area is 116 Å². The van der Waals surface area contributed by atoms with E-state index in [0.717, 1.165) is 0 Å². The molecule has 1 rings (SSSR count). The molecule has 0 unspecified atom stereocenters. The number of nitrogens with one attached hydrogen (secondary N) is 1. The summed E-state index contributed by atoms with van der Waals surface area (Å²) < 4.78 is 0. The number of halogens is 1. The number of aliphatic hydroxyl groups is 1. The van der Waals surface area contributed by atoms with Crippen molar-refractivity contribution < 1.29 is 9.90 Å². The highest BCUT2D eigenvalue weighted by atomic mass is 35.5. The van der Waals surface area contributed by atoms with Gasteiger partial charge in [0.15, 0.2) is 5.13 Å². The molecule has 1 aromatic rings. The van der Waals surface area contributed by atoms with Crippen LogP contribution in [0.2, 0.25) is 5.15 Å². The first-order valence-electron chi connectivity index (χ1n) is 5.68. The largest absolute Gasteiger partial charge is 0.391 e. The van der Waals surface area contributed by atoms with Crippen LogP contribution in [-0.2, 0) is 11.4 Å². The van der Waals surface area contributed by atoms with Crippen LogP contribution in [0, 0.1) is 5.92 Å². The van der Waals surface area contributed by atoms with E-state index in [9.17, 15) is 4.79 Å². The standard InChI is InChI=1S/C11H18ClN3O2S/c1-7(2)4-13-9(17)5-15(3)11-14-10(12)8(6-16)18-11/h7,16H,4-6H2,1-3H3,(H,13,17). The highest BCUT2D eigenvalue weighted by molar-refractivity contribution is 7.16. The Kier molecular flexibility index (Phi) is 5.84. The zero-order chi connectivity index (χ0) is 13.7. The van der Waals surface area contributed by atoms with Crippen LogP contribution >= 0.6 is 22.9 Å². The molecule has 0 saturated heterocycles. The molecule has 102 valence electrons. The van der Waals surface area contributed by atoms with Crippen LogP contribution in [0.15, 0.2) is 0 Å². The van der Waals surface area contributed by atoms with Gasteiger partial charge in [0.05, 0.1) is 18.0 Å². The van der Waals surface area contributed by atoms with Crippen molar-refractivity contribution in [3.63, 3.8) is 0 Å². The molecule has 0 bridgehead atoms. The number of nitrogens with zero attached hydrogens (tertiary/aromatic N) is 2. The van der Waals surface area contributed by atoms with Gasteiger partial charge in [-0.3, -0.25) is 4.79 Å². The van der Waals surface area contributed by atoms with E-state index >= 15 is 0 Å². The molecule has 0 spiro atoms. The van der Waals surface area contributed by atoms with Crippen LogP contribution in [0.3, 0.4) is 0 Å². The lowest BCUT2D eigenvalue weighted by molar-refractivity contribution is -0.119. The van der Waals surface area contributed by atoms with Gasteiger partial charge in [0.1, 0.15) is 5.15 Å². The van der Waals surface area contributed by atoms with Crippen molar-refractivity contribution in [3.05, 3.63) is 10.0 Å². The van der Waals surface area contributed by atoms with Crippen LogP contribution < -0.4 is 10.2 Å². The first kappa shape index (κ1) is 15.2. The molecule has 0 atom stereocenters. The molecule has 1 aromatic heterocycles. The number of anilines is 1. The third-order valence-electron chi connectivity index (χ3n) is 2.20. The fraction of sp³-hybridized carbons (Fsp3) is 0.636. The number of aliphatic hydroxyl groups excluding tert-OH is 1. The Bertz CT molecular complexity index is 409. The molecule has 0 aromatic carbocycles. The fourth-order valence-corrected chi connectivity index (χ4v) is 2.32. The summed E-state index contributed by atoms with van der Waals surface area (Å²) in [6.45, 7) is 4.83. The van der Waals surface area contributed by atoms with E-state index in [-0.39, 0.29) is 19.1 Å². The smallest absolute Gasteiger partial charge is 0.239 e. The maximum absolute atomic E-state index is 11.6. The van der Waals surface area contributed by atoms with Gasteiger partial charge >= 0.3 is 0 Å². The minimum absolute atomic E-state index is 0.0527. The lowest BCUT2D eigenvalue weighted by atomic mass is 10.2. The number of hydrogen-bond donors (Lipinski definition) is 2. The van der Waals surface area contributed by atoms with E-state index in [0.29, 0.717) is 27.6 Å². The maximum atomic E-state index is 11.6. The Morgan fingerprint density at radius 2 is 2.28 bits per heavy atom. The summed E-state index contributed by atoms with van der Waals surface area (Å²) >= 11 is 7.13. The topological polar surface area (TPSA) is 65.5 Å². The van der Waals surface area contributed by atoms with Crippen LogP contribution in [0.1, 0.15) is 18.7 Å². The summed E-state index contributed by atoms with van der Waals surface area (Å²) in [4.78, 5) is 18.1. The van der Waals surface area contributed by atoms with Crippen molar-refractivity contribution in [1.29, 1.82) is 0 Å². The molecule has 5 nitrogen and oxygen atoms in total. The molecule has 0 fully saturated rings. The van der Waals surface area contributed by atoms with Crippen LogP contribution in [-0.4, -0.2) is 36.1 Å². The number of carbonyl (C=O) groups is 1. The fourth-order valence-electron chi connectivity index (χ4n) is 1.24. The number of likely N-dealkylation sites (N-methyl/N-ethyl adjacent to an activating group) is 1. The summed E-state index contributed by atoms with van der Waals surface area (Å²) in [5.41, 5.74) is 0. The van der Waals surface area contributed by atoms with Gasteiger partial charge < -0.3 is 15.3 Å². The normalized spacial score (nSPS) is 10.8. The van der Waals surface area contributed by atoms with Crippen molar-refractivity contribution in [2.75, 3.05) is 25.0 Å². The minimum atomic E-state index is -0.135. The van der Waals surface area contributed by atoms with Gasteiger partial charge in [-0.05, 0) is 5.92 Å². The zero-order valence-electron chi connectivity index (χ0n) is 10.7. The van der Waals surface area contributed by atoms with Gasteiger partial charge in [0.25, 0.3) is 0 Å². The molecule has 7 heteroatoms. The molecule has 0 aliphatic heterocycles. The summed E-state index contributed by atoms with van der Waals surface area (Å²) in [5.74, 6) is 0.373. The number of carbonyl (C=O) groups excluding carboxylic acids is 1. The molecule has 0 aliphatic carbocycles. The Morgan fingerprint density at radius 3 is 2.78 bits per heavy atom. The van der Waals surface area contributed by atoms with E-state index in [1.54, 1.807) is 11.9 Å². The van der Waals surface area contributed by atoms with Crippen molar-refractivity contribution in [3.8, 4) is 0 Å². The minimum Gasteiger partial charge on any atom is -0.391 e. The van der Waals surface area contributed by atoms with Crippen LogP contribution in [0.5, 0.6) is 0 Å². The Balaban J connectivity index is 2.53. The van der Waals surface area contributed by atoms with Gasteiger partial charge in [0.2, 0.25) is 5.91 Å². The van der Waals surface area contributed by atoms with Gasteiger partial charge in [0, 0.05) is 13.6 Å². The molecule has 2 N–H and O–H groups in total. The lowest BCUT2D eigenvalue weighted by Crippen LogP contribution is -2.36. The van der Waals surface area contributed by atoms with E-state index in [1.807, 2.05) is 13.8 Å². The summed E-state index contributed by atoms with van der Waals surface area (Å²) in [6, 6.07) is 0. The van der Waals surface area contributed by atoms with Crippen molar-refractivity contribution in [1.82, 2.24) is 10.3 Å². The SMILES string of the molecule is CC(C)CNC(=O)CN(C)c1nc(Cl)c(CO)s1. The Hall–Kier alpha value is -0.850. The first-order chi connectivity index (χ1) is 8.43. The molecule has 1 heterocycles. The third-order valence-corrected chi connectivity index (χ3v) is 3.78. The van der Waals surface area contributed by atoms with Crippen LogP contribution in [0.4, 0.5) is 5.13 Å². The third kappa shape index (κ3) is 4.44. The predicted molar refractivity (Wildman–Crippen MR) is 74.2 cm³/mol. The van der Waals surface area contributed by atoms with Gasteiger partial charge in [-0.25, -0.2) is 4.98 Å². The molecule has 0 radical (unpaired) electrons. The number of thiazole rings is 1. The van der Waals surface area contributed by atoms with E-state index < -0.39 is 0 Å². The van der Waals surface area contributed by atoms with Gasteiger partial charge in [-0.1, -0.05) is 36.8 Å². The van der Waals surface area contributed by atoms with Crippen molar-refractivity contribution in [2.45, 2.75) is 20.5 Å². The monoisotopic (exact) mass is 291 g/mol. The molecule has 0 aliphatic rings. The maximum Gasteiger partial charge on any atom is 0.239 e. The highest BCUT2D eigenvalue weighted by Crippen LogP contribution is 2.28. The van der Waals surface area contributed by atoms with E-state index in [2.05, 4.69) is 10.3 Å². The second kappa shape index (κ2) is 6.92. The quantitative estimate of drug-likeness (QED) is 0.833. The molecule has 18 heavy (non-hydrogen) atoms. The zero-order valence-corrected chi connectivity index (χ0v) is 12.3. The highest BCUT2D eigenvalue weighted by Gasteiger charge is 2.14. The second-order valence-electron chi connectivity index (χ2n) is 4.42. The summed E-state index contributed by atoms with van der Waals surface area (Å²) in [5, 5.41) is 12.8. The van der Waals surface area contributed by atoms with E-state index in [4.69, 9.17) is 16.7 Å². The number of amides is 1. The second-order valence-corrected chi connectivity index (χ2v) is 5.84. The van der Waals surface area contributed by atoms with Crippen molar-refractivity contribution >= 4 is 34.0 Å². The van der Waals surface area contributed by atoms with E-state index in [1.165, 1.54) is 11.3 Å². The molecular formula is C11H18ClN3O2S. The van der Waals surface area contributed by atoms with Crippen molar-refractivity contribution in [2.24, 2.45) is 5.92 Å². The Morgan fingerprint density at radius 1 is 1.61 bits per heavy atom. The number of hydrogen-bond acceptors (Lipinski definition) is 5. The average molecular weight is 292 g/mol. The number of aromatic nitrogens is 1. The summed E-state index contributed by atoms with van der Waals surface area (Å²) in [7, 11) is 1.77. The predicted octanol–water partition coefficient (Wildman–Crippen LogP) is 1.50. The van der Waals surface area contributed by atoms with Crippen LogP contribution in [0.25, 0.3) is 0 Å². The number of rotatable bonds is 6. The lowest BCUT2D eigenvalue weighted by Gasteiger charge is -2.15. The molecule has 1 amide bonds. The molecule has 0 saturated carbocycles. The average Bonchev–Trinajstić information content (AvgIpc) is 2.68. The molecular weight excluding hydrogens is 274 g/mol.